The maximum atomic E-state index is 12.3. The molecular weight excluding hydrogens is 348 g/mol. The lowest BCUT2D eigenvalue weighted by Crippen LogP contribution is -2.22. The Morgan fingerprint density at radius 1 is 0.885 bits per heavy atom. The molecule has 0 fully saturated rings. The van der Waals surface area contributed by atoms with Crippen molar-refractivity contribution in [2.24, 2.45) is 0 Å². The predicted molar refractivity (Wildman–Crippen MR) is 105 cm³/mol. The predicted octanol–water partition coefficient (Wildman–Crippen LogP) is 3.30. The van der Waals surface area contributed by atoms with Gasteiger partial charge in [0.25, 0.3) is 0 Å². The van der Waals surface area contributed by atoms with Crippen LogP contribution in [0.5, 0.6) is 0 Å². The van der Waals surface area contributed by atoms with E-state index in [9.17, 15) is 14.4 Å². The van der Waals surface area contributed by atoms with Crippen LogP contribution in [0.25, 0.3) is 0 Å². The van der Waals surface area contributed by atoms with Crippen LogP contribution >= 0.6 is 11.8 Å². The topological polar surface area (TPSA) is 75.3 Å². The van der Waals surface area contributed by atoms with Crippen molar-refractivity contribution in [1.82, 2.24) is 5.32 Å². The fraction of sp³-hybridized carbons (Fsp3) is 0.250. The molecular formula is C20H22N2O3S. The third-order valence-corrected chi connectivity index (χ3v) is 4.62. The summed E-state index contributed by atoms with van der Waals surface area (Å²) in [7, 11) is 0. The minimum absolute atomic E-state index is 0.0427. The van der Waals surface area contributed by atoms with E-state index >= 15 is 0 Å². The first kappa shape index (κ1) is 19.7. The van der Waals surface area contributed by atoms with Crippen LogP contribution in [0, 0.1) is 0 Å². The van der Waals surface area contributed by atoms with Crippen molar-refractivity contribution in [2.75, 3.05) is 17.6 Å². The molecule has 2 aromatic rings. The van der Waals surface area contributed by atoms with E-state index in [4.69, 9.17) is 0 Å². The molecule has 0 aliphatic carbocycles. The number of ketones is 1. The average molecular weight is 370 g/mol. The largest absolute Gasteiger partial charge is 0.356 e. The number of carbonyl (C=O) groups excluding carboxylic acids is 3. The van der Waals surface area contributed by atoms with Crippen LogP contribution in [0.1, 0.15) is 29.8 Å². The van der Waals surface area contributed by atoms with Gasteiger partial charge in [-0.15, -0.1) is 11.8 Å². The standard InChI is InChI=1S/C20H22N2O3S/c1-14(23)21-12-11-16-3-5-17(6-4-16)20(25)13-26-19-9-7-18(8-10-19)22-15(2)24/h3-10H,11-13H2,1-2H3,(H,21,23)(H,22,24). The number of hydrogen-bond donors (Lipinski definition) is 2. The minimum atomic E-state index is -0.110. The Morgan fingerprint density at radius 3 is 2.12 bits per heavy atom. The number of amides is 2. The Balaban J connectivity index is 1.83. The zero-order chi connectivity index (χ0) is 18.9. The molecule has 136 valence electrons. The second-order valence-corrected chi connectivity index (χ2v) is 6.90. The smallest absolute Gasteiger partial charge is 0.221 e. The van der Waals surface area contributed by atoms with Crippen LogP contribution in [0.15, 0.2) is 53.4 Å². The molecule has 0 spiro atoms. The SMILES string of the molecule is CC(=O)NCCc1ccc(C(=O)CSc2ccc(NC(C)=O)cc2)cc1. The number of thioether (sulfide) groups is 1. The lowest BCUT2D eigenvalue weighted by atomic mass is 10.1. The van der Waals surface area contributed by atoms with Crippen LogP contribution in [-0.4, -0.2) is 29.9 Å². The van der Waals surface area contributed by atoms with E-state index in [0.717, 1.165) is 22.6 Å². The lowest BCUT2D eigenvalue weighted by molar-refractivity contribution is -0.119. The Labute approximate surface area is 157 Å². The Morgan fingerprint density at radius 2 is 1.54 bits per heavy atom. The summed E-state index contributed by atoms with van der Waals surface area (Å²) in [6.07, 6.45) is 0.740. The minimum Gasteiger partial charge on any atom is -0.356 e. The molecule has 0 saturated carbocycles. The second kappa shape index (κ2) is 9.77. The second-order valence-electron chi connectivity index (χ2n) is 5.85. The molecule has 0 radical (unpaired) electrons. The van der Waals surface area contributed by atoms with Gasteiger partial charge in [0.05, 0.1) is 5.75 Å². The highest BCUT2D eigenvalue weighted by Gasteiger charge is 2.07. The van der Waals surface area contributed by atoms with Gasteiger partial charge in [0.2, 0.25) is 11.8 Å². The molecule has 2 amide bonds. The van der Waals surface area contributed by atoms with Crippen molar-refractivity contribution >= 4 is 35.0 Å². The van der Waals surface area contributed by atoms with E-state index in [2.05, 4.69) is 10.6 Å². The summed E-state index contributed by atoms with van der Waals surface area (Å²) < 4.78 is 0. The zero-order valence-corrected chi connectivity index (χ0v) is 15.7. The van der Waals surface area contributed by atoms with Crippen LogP contribution in [0.2, 0.25) is 0 Å². The molecule has 2 rings (SSSR count). The van der Waals surface area contributed by atoms with Crippen molar-refractivity contribution in [3.05, 3.63) is 59.7 Å². The molecule has 0 aliphatic rings. The summed E-state index contributed by atoms with van der Waals surface area (Å²) in [6.45, 7) is 3.55. The number of hydrogen-bond acceptors (Lipinski definition) is 4. The molecule has 5 nitrogen and oxygen atoms in total. The van der Waals surface area contributed by atoms with Crippen LogP contribution in [-0.2, 0) is 16.0 Å². The molecule has 0 atom stereocenters. The molecule has 0 aliphatic heterocycles. The van der Waals surface area contributed by atoms with Gasteiger partial charge in [0.15, 0.2) is 5.78 Å². The molecule has 26 heavy (non-hydrogen) atoms. The molecule has 2 aromatic carbocycles. The van der Waals surface area contributed by atoms with Crippen molar-refractivity contribution in [1.29, 1.82) is 0 Å². The van der Waals surface area contributed by atoms with Gasteiger partial charge in [0.1, 0.15) is 0 Å². The summed E-state index contributed by atoms with van der Waals surface area (Å²) in [4.78, 5) is 35.1. The van der Waals surface area contributed by atoms with Crippen LogP contribution < -0.4 is 10.6 Å². The van der Waals surface area contributed by atoms with Gasteiger partial charge in [-0.1, -0.05) is 24.3 Å². The van der Waals surface area contributed by atoms with E-state index < -0.39 is 0 Å². The molecule has 0 unspecified atom stereocenters. The van der Waals surface area contributed by atoms with E-state index in [1.807, 2.05) is 48.5 Å². The number of rotatable bonds is 8. The molecule has 6 heteroatoms. The first-order valence-corrected chi connectivity index (χ1v) is 9.29. The molecule has 0 aromatic heterocycles. The zero-order valence-electron chi connectivity index (χ0n) is 14.9. The van der Waals surface area contributed by atoms with Crippen LogP contribution in [0.3, 0.4) is 0 Å². The van der Waals surface area contributed by atoms with Gasteiger partial charge in [0, 0.05) is 36.5 Å². The Kier molecular flexibility index (Phi) is 7.41. The van der Waals surface area contributed by atoms with Gasteiger partial charge >= 0.3 is 0 Å². The van der Waals surface area contributed by atoms with Gasteiger partial charge in [-0.3, -0.25) is 14.4 Å². The average Bonchev–Trinajstić information content (AvgIpc) is 2.60. The summed E-state index contributed by atoms with van der Waals surface area (Å²) in [5, 5.41) is 5.46. The summed E-state index contributed by atoms with van der Waals surface area (Å²) in [5.74, 6) is 0.263. The Bertz CT molecular complexity index is 771. The summed E-state index contributed by atoms with van der Waals surface area (Å²) >= 11 is 1.46. The molecule has 0 heterocycles. The number of benzene rings is 2. The fourth-order valence-electron chi connectivity index (χ4n) is 2.31. The van der Waals surface area contributed by atoms with E-state index in [0.29, 0.717) is 17.9 Å². The highest BCUT2D eigenvalue weighted by molar-refractivity contribution is 8.00. The molecule has 0 saturated heterocycles. The first-order valence-electron chi connectivity index (χ1n) is 8.31. The van der Waals surface area contributed by atoms with Crippen molar-refractivity contribution < 1.29 is 14.4 Å². The summed E-state index contributed by atoms with van der Waals surface area (Å²) in [5.41, 5.74) is 2.50. The summed E-state index contributed by atoms with van der Waals surface area (Å²) in [6, 6.07) is 14.9. The van der Waals surface area contributed by atoms with Crippen LogP contribution in [0.4, 0.5) is 5.69 Å². The highest BCUT2D eigenvalue weighted by atomic mass is 32.2. The van der Waals surface area contributed by atoms with Crippen molar-refractivity contribution in [3.8, 4) is 0 Å². The monoisotopic (exact) mass is 370 g/mol. The third-order valence-electron chi connectivity index (χ3n) is 3.61. The highest BCUT2D eigenvalue weighted by Crippen LogP contribution is 2.21. The number of carbonyl (C=O) groups is 3. The van der Waals surface area contributed by atoms with Gasteiger partial charge in [-0.2, -0.15) is 0 Å². The van der Waals surface area contributed by atoms with E-state index in [-0.39, 0.29) is 17.6 Å². The van der Waals surface area contributed by atoms with Gasteiger partial charge in [-0.05, 0) is 36.2 Å². The van der Waals surface area contributed by atoms with Gasteiger partial charge in [-0.25, -0.2) is 0 Å². The quantitative estimate of drug-likeness (QED) is 0.552. The number of anilines is 1. The van der Waals surface area contributed by atoms with E-state index in [1.54, 1.807) is 0 Å². The number of nitrogens with one attached hydrogen (secondary N) is 2. The Hall–Kier alpha value is -2.60. The molecule has 2 N–H and O–H groups in total. The third kappa shape index (κ3) is 6.72. The lowest BCUT2D eigenvalue weighted by Gasteiger charge is -2.06. The fourth-order valence-corrected chi connectivity index (χ4v) is 3.10. The maximum Gasteiger partial charge on any atom is 0.221 e. The van der Waals surface area contributed by atoms with Crippen molar-refractivity contribution in [3.63, 3.8) is 0 Å². The molecule has 0 bridgehead atoms. The maximum absolute atomic E-state index is 12.3. The first-order chi connectivity index (χ1) is 12.4. The van der Waals surface area contributed by atoms with E-state index in [1.165, 1.54) is 25.6 Å². The normalized spacial score (nSPS) is 10.2. The van der Waals surface area contributed by atoms with Crippen molar-refractivity contribution in [2.45, 2.75) is 25.2 Å². The van der Waals surface area contributed by atoms with Gasteiger partial charge < -0.3 is 10.6 Å². The number of Topliss-reactive ketones (excluding diaryl/α,β-unsaturated/α-hetero) is 1.